The number of nitriles is 1. The molecule has 1 rings (SSSR count). The summed E-state index contributed by atoms with van der Waals surface area (Å²) in [6, 6.07) is 8.83. The quantitative estimate of drug-likeness (QED) is 0.613. The Labute approximate surface area is 112 Å². The zero-order valence-electron chi connectivity index (χ0n) is 10.3. The summed E-state index contributed by atoms with van der Waals surface area (Å²) in [5.41, 5.74) is 3.95. The van der Waals surface area contributed by atoms with Crippen LogP contribution < -0.4 is 5.48 Å². The van der Waals surface area contributed by atoms with E-state index < -0.39 is 6.72 Å². The van der Waals surface area contributed by atoms with Gasteiger partial charge in [0.15, 0.2) is 0 Å². The fourth-order valence-corrected chi connectivity index (χ4v) is 2.90. The number of anilines is 1. The molecular weight excluding hydrogens is 271 g/mol. The van der Waals surface area contributed by atoms with Crippen LogP contribution in [0.1, 0.15) is 19.4 Å². The minimum Gasteiger partial charge on any atom is -0.308 e. The second-order valence-corrected chi connectivity index (χ2v) is 6.10. The lowest BCUT2D eigenvalue weighted by molar-refractivity contribution is 0.189. The third-order valence-corrected chi connectivity index (χ3v) is 4.18. The SMILES string of the molecule is CCOP(=S)(OCC)ONc1ccc(C#N)cc1. The van der Waals surface area contributed by atoms with Crippen LogP contribution in [0.5, 0.6) is 0 Å². The van der Waals surface area contributed by atoms with E-state index in [1.807, 2.05) is 19.9 Å². The molecule has 0 saturated heterocycles. The Balaban J connectivity index is 2.61. The molecule has 18 heavy (non-hydrogen) atoms. The molecule has 0 radical (unpaired) electrons. The summed E-state index contributed by atoms with van der Waals surface area (Å²) in [7, 11) is 0. The number of hydrogen-bond donors (Lipinski definition) is 1. The van der Waals surface area contributed by atoms with E-state index in [1.54, 1.807) is 24.3 Å². The second-order valence-electron chi connectivity index (χ2n) is 3.17. The number of rotatable bonds is 7. The Hall–Kier alpha value is -0.960. The van der Waals surface area contributed by atoms with E-state index in [0.29, 0.717) is 24.5 Å². The Bertz CT molecular complexity index is 448. The predicted octanol–water partition coefficient (Wildman–Crippen LogP) is 3.20. The molecule has 1 N–H and O–H groups in total. The van der Waals surface area contributed by atoms with Crippen LogP contribution in [0.4, 0.5) is 5.69 Å². The monoisotopic (exact) mass is 286 g/mol. The van der Waals surface area contributed by atoms with Gasteiger partial charge in [0.1, 0.15) is 0 Å². The topological polar surface area (TPSA) is 63.5 Å². The Morgan fingerprint density at radius 1 is 1.22 bits per heavy atom. The smallest absolute Gasteiger partial charge is 0.308 e. The van der Waals surface area contributed by atoms with Crippen molar-refractivity contribution >= 4 is 24.2 Å². The fraction of sp³-hybridized carbons (Fsp3) is 0.364. The molecule has 0 atom stereocenters. The van der Waals surface area contributed by atoms with Gasteiger partial charge in [0, 0.05) is 0 Å². The van der Waals surface area contributed by atoms with Gasteiger partial charge in [0.25, 0.3) is 0 Å². The van der Waals surface area contributed by atoms with Crippen LogP contribution >= 0.6 is 6.72 Å². The van der Waals surface area contributed by atoms with Crippen LogP contribution in [0.15, 0.2) is 24.3 Å². The molecule has 0 aliphatic heterocycles. The van der Waals surface area contributed by atoms with Gasteiger partial charge in [-0.25, -0.2) is 0 Å². The first-order valence-electron chi connectivity index (χ1n) is 5.47. The van der Waals surface area contributed by atoms with Gasteiger partial charge in [-0.1, -0.05) is 0 Å². The zero-order chi connectivity index (χ0) is 13.4. The normalized spacial score (nSPS) is 10.9. The molecule has 98 valence electrons. The molecule has 0 aromatic heterocycles. The van der Waals surface area contributed by atoms with Crippen molar-refractivity contribution in [1.82, 2.24) is 0 Å². The van der Waals surface area contributed by atoms with Gasteiger partial charge in [-0.15, -0.1) is 0 Å². The molecule has 1 aromatic rings. The summed E-state index contributed by atoms with van der Waals surface area (Å²) in [6.45, 7) is 1.75. The first-order valence-corrected chi connectivity index (χ1v) is 8.03. The summed E-state index contributed by atoms with van der Waals surface area (Å²) < 4.78 is 15.9. The van der Waals surface area contributed by atoms with Crippen LogP contribution in [0.2, 0.25) is 0 Å². The predicted molar refractivity (Wildman–Crippen MR) is 73.4 cm³/mol. The minimum atomic E-state index is -2.75. The van der Waals surface area contributed by atoms with E-state index in [0.717, 1.165) is 0 Å². The van der Waals surface area contributed by atoms with Gasteiger partial charge in [0.2, 0.25) is 0 Å². The second kappa shape index (κ2) is 7.47. The van der Waals surface area contributed by atoms with Crippen LogP contribution in [0, 0.1) is 11.3 Å². The van der Waals surface area contributed by atoms with Crippen LogP contribution in [0.3, 0.4) is 0 Å². The number of nitrogens with one attached hydrogen (secondary N) is 1. The van der Waals surface area contributed by atoms with Gasteiger partial charge >= 0.3 is 6.72 Å². The van der Waals surface area contributed by atoms with Gasteiger partial charge in [0.05, 0.1) is 30.5 Å². The molecule has 0 spiro atoms. The van der Waals surface area contributed by atoms with Gasteiger partial charge in [-0.05, 0) is 49.9 Å². The maximum Gasteiger partial charge on any atom is 0.349 e. The highest BCUT2D eigenvalue weighted by Crippen LogP contribution is 2.49. The lowest BCUT2D eigenvalue weighted by Crippen LogP contribution is -2.05. The van der Waals surface area contributed by atoms with E-state index in [4.69, 9.17) is 30.7 Å². The molecule has 5 nitrogen and oxygen atoms in total. The van der Waals surface area contributed by atoms with Crippen molar-refractivity contribution in [3.63, 3.8) is 0 Å². The van der Waals surface area contributed by atoms with Crippen molar-refractivity contribution in [2.45, 2.75) is 13.8 Å². The Morgan fingerprint density at radius 3 is 2.22 bits per heavy atom. The first kappa shape index (κ1) is 15.1. The van der Waals surface area contributed by atoms with Crippen molar-refractivity contribution in [1.29, 1.82) is 5.26 Å². The van der Waals surface area contributed by atoms with E-state index >= 15 is 0 Å². The summed E-state index contributed by atoms with van der Waals surface area (Å²) in [4.78, 5) is 0. The van der Waals surface area contributed by atoms with E-state index in [-0.39, 0.29) is 0 Å². The first-order chi connectivity index (χ1) is 8.63. The molecule has 0 aliphatic rings. The molecule has 0 heterocycles. The van der Waals surface area contributed by atoms with E-state index in [9.17, 15) is 0 Å². The van der Waals surface area contributed by atoms with Crippen LogP contribution in [-0.2, 0) is 25.5 Å². The van der Waals surface area contributed by atoms with Crippen LogP contribution in [0.25, 0.3) is 0 Å². The van der Waals surface area contributed by atoms with Crippen molar-refractivity contribution in [2.24, 2.45) is 0 Å². The fourth-order valence-electron chi connectivity index (χ4n) is 1.13. The molecule has 0 bridgehead atoms. The average Bonchev–Trinajstić information content (AvgIpc) is 2.38. The van der Waals surface area contributed by atoms with Crippen molar-refractivity contribution in [2.75, 3.05) is 18.7 Å². The molecule has 1 aromatic carbocycles. The molecule has 0 saturated carbocycles. The number of nitrogens with zero attached hydrogens (tertiary/aromatic N) is 1. The molecular formula is C11H15N2O3PS. The maximum atomic E-state index is 8.67. The minimum absolute atomic E-state index is 0.423. The maximum absolute atomic E-state index is 8.67. The van der Waals surface area contributed by atoms with Crippen molar-refractivity contribution in [3.05, 3.63) is 29.8 Å². The summed E-state index contributed by atoms with van der Waals surface area (Å²) >= 11 is 5.18. The van der Waals surface area contributed by atoms with Gasteiger partial charge in [-0.2, -0.15) is 9.89 Å². The zero-order valence-corrected chi connectivity index (χ0v) is 12.0. The van der Waals surface area contributed by atoms with Crippen molar-refractivity contribution in [3.8, 4) is 6.07 Å². The molecule has 0 amide bonds. The lowest BCUT2D eigenvalue weighted by atomic mass is 10.2. The van der Waals surface area contributed by atoms with E-state index in [2.05, 4.69) is 5.48 Å². The highest BCUT2D eigenvalue weighted by Gasteiger charge is 2.19. The third kappa shape index (κ3) is 4.73. The van der Waals surface area contributed by atoms with Gasteiger partial charge in [-0.3, -0.25) is 5.48 Å². The Kier molecular flexibility index (Phi) is 6.27. The summed E-state index contributed by atoms with van der Waals surface area (Å²) in [5.74, 6) is 0. The average molecular weight is 286 g/mol. The molecule has 0 aliphatic carbocycles. The van der Waals surface area contributed by atoms with Crippen molar-refractivity contribution < 1.29 is 13.7 Å². The highest BCUT2D eigenvalue weighted by atomic mass is 32.5. The third-order valence-electron chi connectivity index (χ3n) is 1.86. The molecule has 0 unspecified atom stereocenters. The highest BCUT2D eigenvalue weighted by molar-refractivity contribution is 8.07. The molecule has 7 heteroatoms. The summed E-state index contributed by atoms with van der Waals surface area (Å²) in [5, 5.41) is 8.67. The standard InChI is InChI=1S/C11H15N2O3PS/c1-3-14-17(18,15-4-2)16-13-11-7-5-10(9-12)6-8-11/h5-8,13H,3-4H2,1-2H3. The lowest BCUT2D eigenvalue weighted by Gasteiger charge is -2.20. The van der Waals surface area contributed by atoms with Gasteiger partial charge < -0.3 is 9.05 Å². The van der Waals surface area contributed by atoms with E-state index in [1.165, 1.54) is 0 Å². The number of benzene rings is 1. The largest absolute Gasteiger partial charge is 0.349 e. The molecule has 0 fully saturated rings. The number of hydrogen-bond acceptors (Lipinski definition) is 6. The Morgan fingerprint density at radius 2 is 1.78 bits per heavy atom. The van der Waals surface area contributed by atoms with Crippen LogP contribution in [-0.4, -0.2) is 13.2 Å². The summed E-state index contributed by atoms with van der Waals surface area (Å²) in [6.07, 6.45) is 0.